The summed E-state index contributed by atoms with van der Waals surface area (Å²) in [5, 5.41) is 0. The van der Waals surface area contributed by atoms with E-state index in [1.54, 1.807) is 7.11 Å². The molecule has 2 atom stereocenters. The molecule has 20 heavy (non-hydrogen) atoms. The van der Waals surface area contributed by atoms with Crippen LogP contribution in [0.5, 0.6) is 5.75 Å². The van der Waals surface area contributed by atoms with Crippen LogP contribution < -0.4 is 4.74 Å². The van der Waals surface area contributed by atoms with Gasteiger partial charge in [-0.1, -0.05) is 49.0 Å². The molecule has 102 valence electrons. The Bertz CT molecular complexity index is 587. The topological polar surface area (TPSA) is 18.5 Å². The van der Waals surface area contributed by atoms with Gasteiger partial charge in [-0.3, -0.25) is 0 Å². The molecule has 1 aliphatic heterocycles. The van der Waals surface area contributed by atoms with Crippen LogP contribution >= 0.6 is 0 Å². The molecule has 2 nitrogen and oxygen atoms in total. The van der Waals surface area contributed by atoms with E-state index in [9.17, 15) is 0 Å². The lowest BCUT2D eigenvalue weighted by molar-refractivity contribution is 0.106. The normalized spacial score (nSPS) is 21.9. The van der Waals surface area contributed by atoms with Crippen LogP contribution in [0.2, 0.25) is 0 Å². The molecule has 1 saturated heterocycles. The number of hydrogen-bond donors (Lipinski definition) is 0. The SMILES string of the molecule is C=C1CO[C@@H](c2ccc(OC)cc2)[C@@H]1c1ccccc1. The monoisotopic (exact) mass is 266 g/mol. The zero-order chi connectivity index (χ0) is 13.9. The Morgan fingerprint density at radius 3 is 2.35 bits per heavy atom. The van der Waals surface area contributed by atoms with Crippen molar-refractivity contribution in [2.75, 3.05) is 13.7 Å². The van der Waals surface area contributed by atoms with Gasteiger partial charge in [-0.2, -0.15) is 0 Å². The van der Waals surface area contributed by atoms with Crippen LogP contribution in [0.4, 0.5) is 0 Å². The maximum absolute atomic E-state index is 5.95. The molecule has 3 rings (SSSR count). The van der Waals surface area contributed by atoms with Crippen molar-refractivity contribution >= 4 is 0 Å². The van der Waals surface area contributed by atoms with E-state index in [4.69, 9.17) is 9.47 Å². The van der Waals surface area contributed by atoms with E-state index in [2.05, 4.69) is 43.0 Å². The molecule has 2 aromatic rings. The minimum absolute atomic E-state index is 0.0378. The van der Waals surface area contributed by atoms with Gasteiger partial charge >= 0.3 is 0 Å². The Labute approximate surface area is 119 Å². The lowest BCUT2D eigenvalue weighted by Gasteiger charge is -2.20. The number of methoxy groups -OCH3 is 1. The van der Waals surface area contributed by atoms with Gasteiger partial charge in [0.05, 0.1) is 19.8 Å². The summed E-state index contributed by atoms with van der Waals surface area (Å²) in [4.78, 5) is 0. The van der Waals surface area contributed by atoms with Gasteiger partial charge in [-0.25, -0.2) is 0 Å². The fraction of sp³-hybridized carbons (Fsp3) is 0.222. The molecule has 0 unspecified atom stereocenters. The van der Waals surface area contributed by atoms with Crippen molar-refractivity contribution in [3.63, 3.8) is 0 Å². The van der Waals surface area contributed by atoms with Crippen LogP contribution in [-0.2, 0) is 4.74 Å². The van der Waals surface area contributed by atoms with Gasteiger partial charge < -0.3 is 9.47 Å². The van der Waals surface area contributed by atoms with Gasteiger partial charge in [0, 0.05) is 5.92 Å². The van der Waals surface area contributed by atoms with E-state index in [1.807, 2.05) is 18.2 Å². The van der Waals surface area contributed by atoms with Crippen molar-refractivity contribution in [3.05, 3.63) is 77.9 Å². The minimum Gasteiger partial charge on any atom is -0.497 e. The van der Waals surface area contributed by atoms with Crippen LogP contribution in [0.25, 0.3) is 0 Å². The van der Waals surface area contributed by atoms with Crippen LogP contribution in [0.15, 0.2) is 66.7 Å². The highest BCUT2D eigenvalue weighted by molar-refractivity contribution is 5.38. The van der Waals surface area contributed by atoms with E-state index in [-0.39, 0.29) is 12.0 Å². The Hall–Kier alpha value is -2.06. The van der Waals surface area contributed by atoms with Crippen LogP contribution in [0, 0.1) is 0 Å². The second kappa shape index (κ2) is 5.51. The molecule has 0 bridgehead atoms. The highest BCUT2D eigenvalue weighted by Crippen LogP contribution is 2.44. The van der Waals surface area contributed by atoms with Gasteiger partial charge in [-0.15, -0.1) is 0 Å². The molecule has 0 radical (unpaired) electrons. The standard InChI is InChI=1S/C18H18O2/c1-13-12-20-18(15-8-10-16(19-2)11-9-15)17(13)14-6-4-3-5-7-14/h3-11,17-18H,1,12H2,2H3/t17-,18-/m0/s1. The molecule has 0 saturated carbocycles. The fourth-order valence-corrected chi connectivity index (χ4v) is 2.75. The van der Waals surface area contributed by atoms with Gasteiger partial charge in [0.25, 0.3) is 0 Å². The zero-order valence-corrected chi connectivity index (χ0v) is 11.6. The third-order valence-electron chi connectivity index (χ3n) is 3.79. The number of rotatable bonds is 3. The second-order valence-electron chi connectivity index (χ2n) is 5.05. The summed E-state index contributed by atoms with van der Waals surface area (Å²) >= 11 is 0. The van der Waals surface area contributed by atoms with E-state index < -0.39 is 0 Å². The lowest BCUT2D eigenvalue weighted by Crippen LogP contribution is -2.07. The lowest BCUT2D eigenvalue weighted by atomic mass is 9.86. The molecule has 1 heterocycles. The maximum Gasteiger partial charge on any atom is 0.118 e. The first-order valence-corrected chi connectivity index (χ1v) is 6.78. The summed E-state index contributed by atoms with van der Waals surface area (Å²) in [6, 6.07) is 18.5. The number of hydrogen-bond acceptors (Lipinski definition) is 2. The Morgan fingerprint density at radius 1 is 1.00 bits per heavy atom. The Morgan fingerprint density at radius 2 is 1.70 bits per heavy atom. The van der Waals surface area contributed by atoms with Crippen LogP contribution in [0.3, 0.4) is 0 Å². The molecule has 1 aliphatic rings. The molecule has 1 fully saturated rings. The van der Waals surface area contributed by atoms with Crippen molar-refractivity contribution < 1.29 is 9.47 Å². The van der Waals surface area contributed by atoms with E-state index in [0.29, 0.717) is 6.61 Å². The second-order valence-corrected chi connectivity index (χ2v) is 5.05. The van der Waals surface area contributed by atoms with Crippen molar-refractivity contribution in [1.29, 1.82) is 0 Å². The van der Waals surface area contributed by atoms with Crippen molar-refractivity contribution in [1.82, 2.24) is 0 Å². The predicted octanol–water partition coefficient (Wildman–Crippen LogP) is 4.11. The molecule has 2 heteroatoms. The molecular weight excluding hydrogens is 248 g/mol. The first-order chi connectivity index (χ1) is 9.79. The first-order valence-electron chi connectivity index (χ1n) is 6.78. The highest BCUT2D eigenvalue weighted by Gasteiger charge is 2.33. The summed E-state index contributed by atoms with van der Waals surface area (Å²) in [6.07, 6.45) is 0.0378. The Balaban J connectivity index is 1.93. The van der Waals surface area contributed by atoms with E-state index in [1.165, 1.54) is 11.1 Å². The smallest absolute Gasteiger partial charge is 0.118 e. The molecule has 0 spiro atoms. The largest absolute Gasteiger partial charge is 0.497 e. The average Bonchev–Trinajstić information content (AvgIpc) is 2.90. The van der Waals surface area contributed by atoms with Crippen molar-refractivity contribution in [3.8, 4) is 5.75 Å². The third kappa shape index (κ3) is 2.35. The first kappa shape index (κ1) is 12.9. The van der Waals surface area contributed by atoms with Crippen LogP contribution in [0.1, 0.15) is 23.1 Å². The third-order valence-corrected chi connectivity index (χ3v) is 3.79. The molecule has 0 amide bonds. The van der Waals surface area contributed by atoms with Gasteiger partial charge in [0.1, 0.15) is 5.75 Å². The van der Waals surface area contributed by atoms with E-state index in [0.717, 1.165) is 11.3 Å². The number of benzene rings is 2. The van der Waals surface area contributed by atoms with Gasteiger partial charge in [0.2, 0.25) is 0 Å². The Kier molecular flexibility index (Phi) is 3.57. The predicted molar refractivity (Wildman–Crippen MR) is 80.0 cm³/mol. The number of ether oxygens (including phenoxy) is 2. The molecule has 2 aromatic carbocycles. The quantitative estimate of drug-likeness (QED) is 0.778. The maximum atomic E-state index is 5.95. The molecule has 0 N–H and O–H groups in total. The van der Waals surface area contributed by atoms with Crippen LogP contribution in [-0.4, -0.2) is 13.7 Å². The summed E-state index contributed by atoms with van der Waals surface area (Å²) in [6.45, 7) is 4.79. The summed E-state index contributed by atoms with van der Waals surface area (Å²) < 4.78 is 11.2. The summed E-state index contributed by atoms with van der Waals surface area (Å²) in [7, 11) is 1.68. The van der Waals surface area contributed by atoms with Crippen molar-refractivity contribution in [2.45, 2.75) is 12.0 Å². The van der Waals surface area contributed by atoms with E-state index >= 15 is 0 Å². The zero-order valence-electron chi connectivity index (χ0n) is 11.6. The molecule has 0 aromatic heterocycles. The average molecular weight is 266 g/mol. The molecular formula is C18H18O2. The molecule has 0 aliphatic carbocycles. The minimum atomic E-state index is 0.0378. The van der Waals surface area contributed by atoms with Crippen molar-refractivity contribution in [2.24, 2.45) is 0 Å². The van der Waals surface area contributed by atoms with Gasteiger partial charge in [0.15, 0.2) is 0 Å². The summed E-state index contributed by atoms with van der Waals surface area (Å²) in [5.74, 6) is 1.09. The van der Waals surface area contributed by atoms with Gasteiger partial charge in [-0.05, 0) is 28.8 Å². The highest BCUT2D eigenvalue weighted by atomic mass is 16.5. The summed E-state index contributed by atoms with van der Waals surface area (Å²) in [5.41, 5.74) is 3.56. The fourth-order valence-electron chi connectivity index (χ4n) is 2.75.